The molecule has 3 rings (SSSR count). The Balaban J connectivity index is 1.94. The maximum Gasteiger partial charge on any atom is 0.270 e. The van der Waals surface area contributed by atoms with Crippen molar-refractivity contribution >= 4 is 63.3 Å². The molecule has 0 radical (unpaired) electrons. The maximum atomic E-state index is 12.6. The lowest BCUT2D eigenvalue weighted by Gasteiger charge is -2.14. The van der Waals surface area contributed by atoms with E-state index in [1.807, 2.05) is 0 Å². The number of carbonyl (C=O) groups is 1. The molecular weight excluding hydrogens is 368 g/mol. The summed E-state index contributed by atoms with van der Waals surface area (Å²) in [7, 11) is 0. The van der Waals surface area contributed by atoms with Crippen LogP contribution in [0.5, 0.6) is 0 Å². The van der Waals surface area contributed by atoms with Gasteiger partial charge in [0.15, 0.2) is 4.32 Å². The highest BCUT2D eigenvalue weighted by Gasteiger charge is 2.33. The number of thiocarbonyl (C=S) groups is 1. The highest BCUT2D eigenvalue weighted by Crippen LogP contribution is 2.36. The van der Waals surface area contributed by atoms with Crippen LogP contribution in [-0.4, -0.2) is 15.2 Å². The van der Waals surface area contributed by atoms with Crippen LogP contribution in [0.15, 0.2) is 53.4 Å². The molecule has 1 fully saturated rings. The number of nitro groups is 1. The van der Waals surface area contributed by atoms with Crippen molar-refractivity contribution in [2.24, 2.45) is 0 Å². The average molecular weight is 377 g/mol. The molecule has 120 valence electrons. The third-order valence-corrected chi connectivity index (χ3v) is 4.78. The van der Waals surface area contributed by atoms with E-state index in [1.54, 1.807) is 42.5 Å². The number of nitro benzene ring substituents is 1. The molecule has 1 aliphatic rings. The Labute approximate surface area is 152 Å². The third-order valence-electron chi connectivity index (χ3n) is 3.24. The Morgan fingerprint density at radius 3 is 2.67 bits per heavy atom. The summed E-state index contributed by atoms with van der Waals surface area (Å²) in [6, 6.07) is 12.9. The van der Waals surface area contributed by atoms with Gasteiger partial charge in [0, 0.05) is 17.2 Å². The van der Waals surface area contributed by atoms with E-state index in [2.05, 4.69) is 0 Å². The highest BCUT2D eigenvalue weighted by molar-refractivity contribution is 8.27. The van der Waals surface area contributed by atoms with Crippen LogP contribution in [-0.2, 0) is 4.79 Å². The fraction of sp³-hybridized carbons (Fsp3) is 0. The van der Waals surface area contributed by atoms with Gasteiger partial charge in [-0.1, -0.05) is 53.8 Å². The Bertz CT molecular complexity index is 898. The van der Waals surface area contributed by atoms with Crippen LogP contribution in [0.3, 0.4) is 0 Å². The first-order chi connectivity index (χ1) is 11.5. The van der Waals surface area contributed by atoms with Crippen LogP contribution < -0.4 is 4.90 Å². The van der Waals surface area contributed by atoms with Gasteiger partial charge >= 0.3 is 0 Å². The Kier molecular flexibility index (Phi) is 4.66. The molecule has 1 heterocycles. The summed E-state index contributed by atoms with van der Waals surface area (Å²) in [5.41, 5.74) is 1.12. The number of hydrogen-bond acceptors (Lipinski definition) is 5. The summed E-state index contributed by atoms with van der Waals surface area (Å²) in [4.78, 5) is 24.8. The van der Waals surface area contributed by atoms with E-state index < -0.39 is 4.92 Å². The van der Waals surface area contributed by atoms with Crippen molar-refractivity contribution in [1.82, 2.24) is 0 Å². The van der Waals surface area contributed by atoms with Crippen molar-refractivity contribution in [1.29, 1.82) is 0 Å². The van der Waals surface area contributed by atoms with Gasteiger partial charge in [0.05, 0.1) is 15.5 Å². The zero-order valence-corrected chi connectivity index (χ0v) is 14.4. The van der Waals surface area contributed by atoms with Crippen LogP contribution in [0, 0.1) is 10.1 Å². The molecule has 24 heavy (non-hydrogen) atoms. The molecule has 5 nitrogen and oxygen atoms in total. The minimum absolute atomic E-state index is 0.0333. The third kappa shape index (κ3) is 3.33. The molecule has 0 aliphatic carbocycles. The van der Waals surface area contributed by atoms with Gasteiger partial charge in [0.1, 0.15) is 0 Å². The first kappa shape index (κ1) is 16.6. The van der Waals surface area contributed by atoms with Crippen LogP contribution in [0.1, 0.15) is 5.56 Å². The molecule has 0 spiro atoms. The van der Waals surface area contributed by atoms with E-state index in [0.717, 1.165) is 11.8 Å². The molecule has 1 amide bonds. The van der Waals surface area contributed by atoms with Gasteiger partial charge in [-0.05, 0) is 29.8 Å². The SMILES string of the molecule is O=C1/C(=C\c2cccc([N+](=O)[O-])c2)SC(=S)N1c1cccc(Cl)c1. The zero-order valence-electron chi connectivity index (χ0n) is 12.0. The zero-order chi connectivity index (χ0) is 17.3. The lowest BCUT2D eigenvalue weighted by molar-refractivity contribution is -0.384. The molecule has 0 atom stereocenters. The highest BCUT2D eigenvalue weighted by atomic mass is 35.5. The maximum absolute atomic E-state index is 12.6. The second kappa shape index (κ2) is 6.72. The van der Waals surface area contributed by atoms with Crippen LogP contribution >= 0.6 is 35.6 Å². The fourth-order valence-corrected chi connectivity index (χ4v) is 3.67. The van der Waals surface area contributed by atoms with Gasteiger partial charge < -0.3 is 0 Å². The number of anilines is 1. The topological polar surface area (TPSA) is 63.4 Å². The molecule has 1 saturated heterocycles. The van der Waals surface area contributed by atoms with E-state index in [1.165, 1.54) is 17.0 Å². The van der Waals surface area contributed by atoms with Crippen molar-refractivity contribution < 1.29 is 9.72 Å². The number of rotatable bonds is 3. The monoisotopic (exact) mass is 376 g/mol. The molecule has 0 bridgehead atoms. The van der Waals surface area contributed by atoms with E-state index >= 15 is 0 Å². The Morgan fingerprint density at radius 2 is 1.96 bits per heavy atom. The van der Waals surface area contributed by atoms with Gasteiger partial charge in [0.2, 0.25) is 0 Å². The minimum Gasteiger partial charge on any atom is -0.268 e. The molecule has 0 N–H and O–H groups in total. The van der Waals surface area contributed by atoms with Gasteiger partial charge in [0.25, 0.3) is 11.6 Å². The number of non-ortho nitro benzene ring substituents is 1. The molecule has 0 aromatic heterocycles. The standard InChI is InChI=1S/C16H9ClN2O3S2/c17-11-4-2-5-12(9-11)18-15(20)14(24-16(18)23)8-10-3-1-6-13(7-10)19(21)22/h1-9H/b14-8+. The largest absolute Gasteiger partial charge is 0.270 e. The van der Waals surface area contributed by atoms with E-state index in [0.29, 0.717) is 25.5 Å². The summed E-state index contributed by atoms with van der Waals surface area (Å²) >= 11 is 12.4. The number of carbonyl (C=O) groups excluding carboxylic acids is 1. The second-order valence-corrected chi connectivity index (χ2v) is 6.96. The summed E-state index contributed by atoms with van der Waals surface area (Å²) in [5, 5.41) is 11.4. The van der Waals surface area contributed by atoms with Crippen molar-refractivity contribution in [3.63, 3.8) is 0 Å². The van der Waals surface area contributed by atoms with Crippen molar-refractivity contribution in [2.45, 2.75) is 0 Å². The molecule has 1 aliphatic heterocycles. The number of hydrogen-bond donors (Lipinski definition) is 0. The van der Waals surface area contributed by atoms with Crippen molar-refractivity contribution in [3.05, 3.63) is 74.1 Å². The number of halogens is 1. The predicted octanol–water partition coefficient (Wildman–Crippen LogP) is 4.65. The summed E-state index contributed by atoms with van der Waals surface area (Å²) in [6.07, 6.45) is 1.59. The minimum atomic E-state index is -0.478. The molecule has 2 aromatic carbocycles. The van der Waals surface area contributed by atoms with Gasteiger partial charge in [-0.15, -0.1) is 0 Å². The van der Waals surface area contributed by atoms with E-state index in [-0.39, 0.29) is 11.6 Å². The average Bonchev–Trinajstić information content (AvgIpc) is 2.81. The normalized spacial score (nSPS) is 16.0. The number of thioether (sulfide) groups is 1. The van der Waals surface area contributed by atoms with E-state index in [9.17, 15) is 14.9 Å². The van der Waals surface area contributed by atoms with E-state index in [4.69, 9.17) is 23.8 Å². The second-order valence-electron chi connectivity index (χ2n) is 4.85. The number of amides is 1. The van der Waals surface area contributed by atoms with Crippen LogP contribution in [0.2, 0.25) is 5.02 Å². The number of nitrogens with zero attached hydrogens (tertiary/aromatic N) is 2. The first-order valence-electron chi connectivity index (χ1n) is 6.74. The Hall–Kier alpha value is -2.22. The van der Waals surface area contributed by atoms with Gasteiger partial charge in [-0.25, -0.2) is 0 Å². The Morgan fingerprint density at radius 1 is 1.21 bits per heavy atom. The predicted molar refractivity (Wildman–Crippen MR) is 100 cm³/mol. The molecule has 2 aromatic rings. The van der Waals surface area contributed by atoms with Crippen LogP contribution in [0.25, 0.3) is 6.08 Å². The quantitative estimate of drug-likeness (QED) is 0.337. The molecular formula is C16H9ClN2O3S2. The summed E-state index contributed by atoms with van der Waals surface area (Å²) < 4.78 is 0.388. The van der Waals surface area contributed by atoms with Crippen LogP contribution in [0.4, 0.5) is 11.4 Å². The van der Waals surface area contributed by atoms with Gasteiger partial charge in [-0.3, -0.25) is 19.8 Å². The lowest BCUT2D eigenvalue weighted by Crippen LogP contribution is -2.27. The summed E-state index contributed by atoms with van der Waals surface area (Å²) in [6.45, 7) is 0. The fourth-order valence-electron chi connectivity index (χ4n) is 2.19. The first-order valence-corrected chi connectivity index (χ1v) is 8.34. The molecule has 0 unspecified atom stereocenters. The molecule has 8 heteroatoms. The smallest absolute Gasteiger partial charge is 0.268 e. The summed E-state index contributed by atoms with van der Waals surface area (Å²) in [5.74, 6) is -0.279. The number of benzene rings is 2. The van der Waals surface area contributed by atoms with Gasteiger partial charge in [-0.2, -0.15) is 0 Å². The molecule has 0 saturated carbocycles. The van der Waals surface area contributed by atoms with Crippen molar-refractivity contribution in [3.8, 4) is 0 Å². The lowest BCUT2D eigenvalue weighted by atomic mass is 10.2. The van der Waals surface area contributed by atoms with Crippen molar-refractivity contribution in [2.75, 3.05) is 4.90 Å².